The molecule has 2 aromatic rings. The van der Waals surface area contributed by atoms with Gasteiger partial charge in [-0.1, -0.05) is 29.3 Å². The molecule has 1 aliphatic heterocycles. The second-order valence-electron chi connectivity index (χ2n) is 5.74. The molecule has 1 unspecified atom stereocenters. The Kier molecular flexibility index (Phi) is 5.75. The predicted octanol–water partition coefficient (Wildman–Crippen LogP) is 4.59. The standard InChI is InChI=1S/C18H16Cl2N4O2/c19-15-6-5-13(9-16(15)20)23-18(26)22-12-4-3-11-10-21-24-17(2-1-7-25)14(11)8-12/h3-10,17,24H,1-2H2,(H2,22,23,26). The number of benzene rings is 2. The first-order valence-corrected chi connectivity index (χ1v) is 8.71. The van der Waals surface area contributed by atoms with Crippen LogP contribution in [0.1, 0.15) is 30.0 Å². The van der Waals surface area contributed by atoms with E-state index in [2.05, 4.69) is 21.2 Å². The van der Waals surface area contributed by atoms with E-state index in [-0.39, 0.29) is 6.04 Å². The summed E-state index contributed by atoms with van der Waals surface area (Å²) in [6, 6.07) is 9.93. The lowest BCUT2D eigenvalue weighted by Gasteiger charge is -2.23. The van der Waals surface area contributed by atoms with Gasteiger partial charge in [-0.25, -0.2) is 4.79 Å². The molecule has 134 valence electrons. The van der Waals surface area contributed by atoms with Gasteiger partial charge in [0.25, 0.3) is 0 Å². The van der Waals surface area contributed by atoms with Gasteiger partial charge in [-0.05, 0) is 47.9 Å². The molecule has 1 heterocycles. The number of amides is 2. The van der Waals surface area contributed by atoms with Crippen LogP contribution >= 0.6 is 23.2 Å². The molecular weight excluding hydrogens is 375 g/mol. The summed E-state index contributed by atoms with van der Waals surface area (Å²) < 4.78 is 0. The number of fused-ring (bicyclic) bond motifs is 1. The predicted molar refractivity (Wildman–Crippen MR) is 104 cm³/mol. The third-order valence-corrected chi connectivity index (χ3v) is 4.64. The van der Waals surface area contributed by atoms with Crippen molar-refractivity contribution in [3.05, 3.63) is 57.6 Å². The van der Waals surface area contributed by atoms with Crippen LogP contribution < -0.4 is 16.1 Å². The maximum absolute atomic E-state index is 12.2. The van der Waals surface area contributed by atoms with Crippen LogP contribution in [0.5, 0.6) is 0 Å². The van der Waals surface area contributed by atoms with Gasteiger partial charge in [0.2, 0.25) is 0 Å². The minimum absolute atomic E-state index is 0.0694. The van der Waals surface area contributed by atoms with E-state index in [0.29, 0.717) is 34.3 Å². The number of anilines is 2. The number of nitrogens with one attached hydrogen (secondary N) is 3. The highest BCUT2D eigenvalue weighted by Crippen LogP contribution is 2.28. The summed E-state index contributed by atoms with van der Waals surface area (Å²) in [7, 11) is 0. The molecule has 1 aliphatic rings. The minimum atomic E-state index is -0.398. The highest BCUT2D eigenvalue weighted by molar-refractivity contribution is 6.42. The van der Waals surface area contributed by atoms with Gasteiger partial charge in [0, 0.05) is 17.8 Å². The van der Waals surface area contributed by atoms with E-state index in [4.69, 9.17) is 23.2 Å². The van der Waals surface area contributed by atoms with E-state index in [1.807, 2.05) is 12.1 Å². The molecule has 6 nitrogen and oxygen atoms in total. The van der Waals surface area contributed by atoms with Crippen LogP contribution in [0, 0.1) is 0 Å². The molecule has 8 heteroatoms. The van der Waals surface area contributed by atoms with Crippen molar-refractivity contribution in [2.24, 2.45) is 5.10 Å². The Balaban J connectivity index is 1.71. The van der Waals surface area contributed by atoms with Gasteiger partial charge in [-0.15, -0.1) is 0 Å². The van der Waals surface area contributed by atoms with E-state index >= 15 is 0 Å². The summed E-state index contributed by atoms with van der Waals surface area (Å²) in [4.78, 5) is 22.9. The molecule has 26 heavy (non-hydrogen) atoms. The second kappa shape index (κ2) is 8.21. The first-order valence-electron chi connectivity index (χ1n) is 7.96. The maximum Gasteiger partial charge on any atom is 0.323 e. The highest BCUT2D eigenvalue weighted by Gasteiger charge is 2.18. The fourth-order valence-electron chi connectivity index (χ4n) is 2.66. The van der Waals surface area contributed by atoms with Crippen LogP contribution in [0.4, 0.5) is 16.2 Å². The molecule has 1 atom stereocenters. The van der Waals surface area contributed by atoms with E-state index in [9.17, 15) is 9.59 Å². The molecule has 0 aliphatic carbocycles. The molecule has 3 rings (SSSR count). The lowest BCUT2D eigenvalue weighted by molar-refractivity contribution is -0.108. The van der Waals surface area contributed by atoms with Gasteiger partial charge in [0.1, 0.15) is 6.29 Å². The monoisotopic (exact) mass is 390 g/mol. The summed E-state index contributed by atoms with van der Waals surface area (Å²) >= 11 is 11.8. The molecule has 0 bridgehead atoms. The van der Waals surface area contributed by atoms with E-state index in [0.717, 1.165) is 17.4 Å². The second-order valence-corrected chi connectivity index (χ2v) is 6.55. The lowest BCUT2D eigenvalue weighted by atomic mass is 9.96. The van der Waals surface area contributed by atoms with E-state index in [1.54, 1.807) is 30.5 Å². The molecule has 0 radical (unpaired) electrons. The van der Waals surface area contributed by atoms with Crippen molar-refractivity contribution in [3.63, 3.8) is 0 Å². The third kappa shape index (κ3) is 4.33. The minimum Gasteiger partial charge on any atom is -0.308 e. The summed E-state index contributed by atoms with van der Waals surface area (Å²) in [5, 5.41) is 10.4. The molecular formula is C18H16Cl2N4O2. The highest BCUT2D eigenvalue weighted by atomic mass is 35.5. The van der Waals surface area contributed by atoms with Gasteiger partial charge in [-0.3, -0.25) is 0 Å². The van der Waals surface area contributed by atoms with E-state index < -0.39 is 6.03 Å². The van der Waals surface area contributed by atoms with Gasteiger partial charge < -0.3 is 20.9 Å². The smallest absolute Gasteiger partial charge is 0.308 e. The van der Waals surface area contributed by atoms with E-state index in [1.165, 1.54) is 0 Å². The number of carbonyl (C=O) groups excluding carboxylic acids is 2. The molecule has 2 aromatic carbocycles. The van der Waals surface area contributed by atoms with Crippen molar-refractivity contribution in [1.82, 2.24) is 5.43 Å². The average molecular weight is 391 g/mol. The Morgan fingerprint density at radius 3 is 2.58 bits per heavy atom. The zero-order valence-corrected chi connectivity index (χ0v) is 15.1. The number of halogens is 2. The van der Waals surface area contributed by atoms with Crippen molar-refractivity contribution in [2.45, 2.75) is 18.9 Å². The fraction of sp³-hybridized carbons (Fsp3) is 0.167. The van der Waals surface area contributed by atoms with Gasteiger partial charge in [-0.2, -0.15) is 5.10 Å². The Morgan fingerprint density at radius 2 is 1.85 bits per heavy atom. The molecule has 0 spiro atoms. The summed E-state index contributed by atoms with van der Waals surface area (Å²) in [5.74, 6) is 0. The number of nitrogens with zero attached hydrogens (tertiary/aromatic N) is 1. The Hall–Kier alpha value is -2.57. The Labute approximate surface area is 160 Å². The number of hydrazone groups is 1. The van der Waals surface area contributed by atoms with Crippen LogP contribution in [0.15, 0.2) is 41.5 Å². The third-order valence-electron chi connectivity index (χ3n) is 3.90. The SMILES string of the molecule is O=CCCC1NN=Cc2ccc(NC(=O)Nc3ccc(Cl)c(Cl)c3)cc21. The van der Waals surface area contributed by atoms with Crippen LogP contribution in [0.25, 0.3) is 0 Å². The molecule has 2 amide bonds. The summed E-state index contributed by atoms with van der Waals surface area (Å²) in [6.07, 6.45) is 3.66. The number of aldehydes is 1. The summed E-state index contributed by atoms with van der Waals surface area (Å²) in [5.41, 5.74) is 6.10. The average Bonchev–Trinajstić information content (AvgIpc) is 2.63. The van der Waals surface area contributed by atoms with Gasteiger partial charge in [0.15, 0.2) is 0 Å². The largest absolute Gasteiger partial charge is 0.323 e. The number of hydrogen-bond donors (Lipinski definition) is 3. The maximum atomic E-state index is 12.2. The quantitative estimate of drug-likeness (QED) is 0.652. The molecule has 0 fully saturated rings. The Morgan fingerprint density at radius 1 is 1.12 bits per heavy atom. The van der Waals surface area contributed by atoms with Crippen LogP contribution in [-0.2, 0) is 4.79 Å². The first-order chi connectivity index (χ1) is 12.6. The number of hydrogen-bond acceptors (Lipinski definition) is 4. The zero-order chi connectivity index (χ0) is 18.5. The first kappa shape index (κ1) is 18.2. The normalized spacial score (nSPS) is 14.9. The van der Waals surface area contributed by atoms with Crippen LogP contribution in [0.2, 0.25) is 10.0 Å². The van der Waals surface area contributed by atoms with Crippen LogP contribution in [-0.4, -0.2) is 18.5 Å². The fourth-order valence-corrected chi connectivity index (χ4v) is 2.96. The molecule has 3 N–H and O–H groups in total. The van der Waals surface area contributed by atoms with Crippen molar-refractivity contribution >= 4 is 53.1 Å². The summed E-state index contributed by atoms with van der Waals surface area (Å²) in [6.45, 7) is 0. The molecule has 0 saturated heterocycles. The van der Waals surface area contributed by atoms with Gasteiger partial charge in [0.05, 0.1) is 22.3 Å². The van der Waals surface area contributed by atoms with Crippen LogP contribution in [0.3, 0.4) is 0 Å². The van der Waals surface area contributed by atoms with Crippen molar-refractivity contribution < 1.29 is 9.59 Å². The molecule has 0 aromatic heterocycles. The van der Waals surface area contributed by atoms with Crippen molar-refractivity contribution in [2.75, 3.05) is 10.6 Å². The molecule has 0 saturated carbocycles. The number of urea groups is 1. The van der Waals surface area contributed by atoms with Gasteiger partial charge >= 0.3 is 6.03 Å². The topological polar surface area (TPSA) is 82.6 Å². The number of carbonyl (C=O) groups is 2. The number of rotatable bonds is 5. The van der Waals surface area contributed by atoms with Crippen molar-refractivity contribution in [1.29, 1.82) is 0 Å². The van der Waals surface area contributed by atoms with Crippen molar-refractivity contribution in [3.8, 4) is 0 Å². The lowest BCUT2D eigenvalue weighted by Crippen LogP contribution is -2.23. The zero-order valence-electron chi connectivity index (χ0n) is 13.6. The Bertz CT molecular complexity index is 870.